The Morgan fingerprint density at radius 1 is 1.08 bits per heavy atom. The van der Waals surface area contributed by atoms with Crippen molar-refractivity contribution in [3.8, 4) is 0 Å². The standard InChI is InChI=1S/C18H27N3O3S.ClH/c1-14-7-10-20(11-8-14)25(23,24)17-5-3-16(4-6-17)18(22)21-12-9-19-13-15(21)2;/h3-6,14-15,19H,7-13H2,1-2H3;1H. The predicted molar refractivity (Wildman–Crippen MR) is 104 cm³/mol. The van der Waals surface area contributed by atoms with Gasteiger partial charge in [0.25, 0.3) is 5.91 Å². The van der Waals surface area contributed by atoms with Gasteiger partial charge in [-0.25, -0.2) is 8.42 Å². The van der Waals surface area contributed by atoms with Gasteiger partial charge in [0.1, 0.15) is 0 Å². The van der Waals surface area contributed by atoms with E-state index in [4.69, 9.17) is 0 Å². The summed E-state index contributed by atoms with van der Waals surface area (Å²) in [4.78, 5) is 14.8. The zero-order valence-electron chi connectivity index (χ0n) is 15.3. The molecule has 26 heavy (non-hydrogen) atoms. The van der Waals surface area contributed by atoms with Crippen LogP contribution in [-0.4, -0.2) is 62.3 Å². The Morgan fingerprint density at radius 3 is 2.27 bits per heavy atom. The van der Waals surface area contributed by atoms with Crippen molar-refractivity contribution >= 4 is 28.3 Å². The topological polar surface area (TPSA) is 69.7 Å². The molecule has 146 valence electrons. The molecule has 2 aliphatic rings. The van der Waals surface area contributed by atoms with Gasteiger partial charge in [0.15, 0.2) is 0 Å². The number of benzene rings is 1. The lowest BCUT2D eigenvalue weighted by atomic mass is 10.0. The quantitative estimate of drug-likeness (QED) is 0.840. The number of hydrogen-bond donors (Lipinski definition) is 1. The molecule has 6 nitrogen and oxygen atoms in total. The van der Waals surface area contributed by atoms with Crippen molar-refractivity contribution in [2.45, 2.75) is 37.6 Å². The van der Waals surface area contributed by atoms with Crippen molar-refractivity contribution < 1.29 is 13.2 Å². The van der Waals surface area contributed by atoms with Crippen molar-refractivity contribution in [3.05, 3.63) is 29.8 Å². The van der Waals surface area contributed by atoms with Crippen LogP contribution in [-0.2, 0) is 10.0 Å². The van der Waals surface area contributed by atoms with Crippen molar-refractivity contribution in [3.63, 3.8) is 0 Å². The van der Waals surface area contributed by atoms with Crippen molar-refractivity contribution in [2.75, 3.05) is 32.7 Å². The van der Waals surface area contributed by atoms with Gasteiger partial charge < -0.3 is 10.2 Å². The van der Waals surface area contributed by atoms with E-state index < -0.39 is 10.0 Å². The first kappa shape index (κ1) is 21.2. The second-order valence-corrected chi connectivity index (χ2v) is 9.10. The third-order valence-electron chi connectivity index (χ3n) is 5.24. The molecule has 2 saturated heterocycles. The minimum atomic E-state index is -3.47. The highest BCUT2D eigenvalue weighted by Gasteiger charge is 2.29. The van der Waals surface area contributed by atoms with E-state index in [0.717, 1.165) is 25.9 Å². The summed E-state index contributed by atoms with van der Waals surface area (Å²) in [6.45, 7) is 7.56. The van der Waals surface area contributed by atoms with Crippen LogP contribution < -0.4 is 5.32 Å². The van der Waals surface area contributed by atoms with Gasteiger partial charge in [-0.05, 0) is 49.9 Å². The number of carbonyl (C=O) groups is 1. The van der Waals surface area contributed by atoms with Gasteiger partial charge in [-0.3, -0.25) is 4.79 Å². The molecule has 1 N–H and O–H groups in total. The summed E-state index contributed by atoms with van der Waals surface area (Å²) >= 11 is 0. The Bertz CT molecular complexity index is 716. The fourth-order valence-electron chi connectivity index (χ4n) is 3.45. The number of piperazine rings is 1. The Labute approximate surface area is 162 Å². The molecule has 2 heterocycles. The zero-order valence-corrected chi connectivity index (χ0v) is 17.0. The largest absolute Gasteiger partial charge is 0.333 e. The van der Waals surface area contributed by atoms with Gasteiger partial charge in [-0.2, -0.15) is 4.31 Å². The highest BCUT2D eigenvalue weighted by atomic mass is 35.5. The van der Waals surface area contributed by atoms with Crippen LogP contribution in [0.3, 0.4) is 0 Å². The summed E-state index contributed by atoms with van der Waals surface area (Å²) in [6.07, 6.45) is 1.80. The first-order chi connectivity index (χ1) is 11.9. The molecule has 1 unspecified atom stereocenters. The molecular formula is C18H28ClN3O3S. The second kappa shape index (κ2) is 8.69. The van der Waals surface area contributed by atoms with Crippen LogP contribution in [0.1, 0.15) is 37.0 Å². The average molecular weight is 402 g/mol. The third kappa shape index (κ3) is 4.39. The van der Waals surface area contributed by atoms with Crippen molar-refractivity contribution in [2.24, 2.45) is 5.92 Å². The van der Waals surface area contributed by atoms with Crippen LogP contribution in [0.4, 0.5) is 0 Å². The minimum absolute atomic E-state index is 0. The monoisotopic (exact) mass is 401 g/mol. The van der Waals surface area contributed by atoms with Gasteiger partial charge in [0, 0.05) is 44.3 Å². The van der Waals surface area contributed by atoms with Crippen LogP contribution in [0.25, 0.3) is 0 Å². The second-order valence-electron chi connectivity index (χ2n) is 7.16. The molecule has 1 atom stereocenters. The molecule has 0 aliphatic carbocycles. The van der Waals surface area contributed by atoms with Crippen molar-refractivity contribution in [1.29, 1.82) is 0 Å². The molecule has 0 radical (unpaired) electrons. The molecule has 8 heteroatoms. The lowest BCUT2D eigenvalue weighted by molar-refractivity contribution is 0.0655. The van der Waals surface area contributed by atoms with Gasteiger partial charge in [0.2, 0.25) is 10.0 Å². The first-order valence-electron chi connectivity index (χ1n) is 9.01. The Hall–Kier alpha value is -1.15. The maximum Gasteiger partial charge on any atom is 0.254 e. The molecule has 2 aliphatic heterocycles. The molecule has 3 rings (SSSR count). The highest BCUT2D eigenvalue weighted by molar-refractivity contribution is 7.89. The Kier molecular flexibility index (Phi) is 7.07. The lowest BCUT2D eigenvalue weighted by Crippen LogP contribution is -2.52. The number of hydrogen-bond acceptors (Lipinski definition) is 4. The maximum absolute atomic E-state index is 12.8. The molecule has 2 fully saturated rings. The average Bonchev–Trinajstić information content (AvgIpc) is 2.62. The zero-order chi connectivity index (χ0) is 18.0. The maximum atomic E-state index is 12.8. The van der Waals surface area contributed by atoms with Crippen LogP contribution in [0.5, 0.6) is 0 Å². The summed E-state index contributed by atoms with van der Waals surface area (Å²) in [5.41, 5.74) is 0.542. The fourth-order valence-corrected chi connectivity index (χ4v) is 4.92. The molecule has 1 amide bonds. The molecular weight excluding hydrogens is 374 g/mol. The number of rotatable bonds is 3. The summed E-state index contributed by atoms with van der Waals surface area (Å²) in [5, 5.41) is 3.26. The minimum Gasteiger partial charge on any atom is -0.333 e. The van der Waals surface area contributed by atoms with Gasteiger partial charge in [0.05, 0.1) is 4.90 Å². The SMILES string of the molecule is CC1CCN(S(=O)(=O)c2ccc(C(=O)N3CCNCC3C)cc2)CC1.Cl. The molecule has 0 aromatic heterocycles. The van der Waals surface area contributed by atoms with E-state index in [1.807, 2.05) is 11.8 Å². The Balaban J connectivity index is 0.00000243. The molecule has 0 saturated carbocycles. The van der Waals surface area contributed by atoms with Gasteiger partial charge in [-0.15, -0.1) is 12.4 Å². The molecule has 1 aromatic carbocycles. The highest BCUT2D eigenvalue weighted by Crippen LogP contribution is 2.24. The van der Waals surface area contributed by atoms with E-state index >= 15 is 0 Å². The van der Waals surface area contributed by atoms with E-state index in [1.54, 1.807) is 28.6 Å². The number of nitrogens with zero attached hydrogens (tertiary/aromatic N) is 2. The van der Waals surface area contributed by atoms with Crippen LogP contribution in [0.15, 0.2) is 29.2 Å². The van der Waals surface area contributed by atoms with Gasteiger partial charge >= 0.3 is 0 Å². The van der Waals surface area contributed by atoms with E-state index in [-0.39, 0.29) is 29.3 Å². The molecule has 0 bridgehead atoms. The van der Waals surface area contributed by atoms with Crippen LogP contribution in [0.2, 0.25) is 0 Å². The Morgan fingerprint density at radius 2 is 1.69 bits per heavy atom. The van der Waals surface area contributed by atoms with Crippen LogP contribution >= 0.6 is 12.4 Å². The number of carbonyl (C=O) groups excluding carboxylic acids is 1. The lowest BCUT2D eigenvalue weighted by Gasteiger charge is -2.34. The third-order valence-corrected chi connectivity index (χ3v) is 7.16. The summed E-state index contributed by atoms with van der Waals surface area (Å²) in [5.74, 6) is 0.539. The van der Waals surface area contributed by atoms with E-state index in [1.165, 1.54) is 0 Å². The fraction of sp³-hybridized carbons (Fsp3) is 0.611. The van der Waals surface area contributed by atoms with E-state index in [0.29, 0.717) is 31.1 Å². The number of sulfonamides is 1. The number of halogens is 1. The number of piperidine rings is 1. The molecule has 0 spiro atoms. The molecule has 1 aromatic rings. The first-order valence-corrected chi connectivity index (χ1v) is 10.5. The van der Waals surface area contributed by atoms with Gasteiger partial charge in [-0.1, -0.05) is 6.92 Å². The van der Waals surface area contributed by atoms with E-state index in [2.05, 4.69) is 12.2 Å². The van der Waals surface area contributed by atoms with Crippen molar-refractivity contribution in [1.82, 2.24) is 14.5 Å². The van der Waals surface area contributed by atoms with Crippen LogP contribution in [0, 0.1) is 5.92 Å². The summed E-state index contributed by atoms with van der Waals surface area (Å²) in [6, 6.07) is 6.54. The van der Waals surface area contributed by atoms with E-state index in [9.17, 15) is 13.2 Å². The number of amides is 1. The summed E-state index contributed by atoms with van der Waals surface area (Å²) in [7, 11) is -3.47. The smallest absolute Gasteiger partial charge is 0.254 e. The predicted octanol–water partition coefficient (Wildman–Crippen LogP) is 1.96. The normalized spacial score (nSPS) is 22.7. The number of nitrogens with one attached hydrogen (secondary N) is 1. The summed E-state index contributed by atoms with van der Waals surface area (Å²) < 4.78 is 27.1.